The molecule has 6 heteroatoms. The van der Waals surface area contributed by atoms with Crippen molar-refractivity contribution < 1.29 is 14.3 Å². The molecule has 3 heterocycles. The van der Waals surface area contributed by atoms with Gasteiger partial charge in [-0.1, -0.05) is 13.0 Å². The van der Waals surface area contributed by atoms with Gasteiger partial charge < -0.3 is 9.52 Å². The lowest BCUT2D eigenvalue weighted by Gasteiger charge is -2.19. The average molecular weight is 338 g/mol. The van der Waals surface area contributed by atoms with E-state index in [-0.39, 0.29) is 11.6 Å². The molecule has 2 unspecified atom stereocenters. The zero-order chi connectivity index (χ0) is 17.8. The van der Waals surface area contributed by atoms with Crippen LogP contribution in [0.1, 0.15) is 48.0 Å². The fraction of sp³-hybridized carbons (Fsp3) is 0.316. The van der Waals surface area contributed by atoms with E-state index in [0.717, 1.165) is 5.76 Å². The Labute approximate surface area is 144 Å². The summed E-state index contributed by atoms with van der Waals surface area (Å²) in [5, 5.41) is 9.44. The van der Waals surface area contributed by atoms with E-state index in [9.17, 15) is 14.7 Å². The summed E-state index contributed by atoms with van der Waals surface area (Å²) in [6, 6.07) is 3.39. The fourth-order valence-corrected chi connectivity index (χ4v) is 3.48. The Hall–Kier alpha value is -2.89. The van der Waals surface area contributed by atoms with Gasteiger partial charge in [-0.25, -0.2) is 4.98 Å². The zero-order valence-electron chi connectivity index (χ0n) is 14.0. The van der Waals surface area contributed by atoms with Gasteiger partial charge in [-0.05, 0) is 50.1 Å². The normalized spacial score (nSPS) is 23.5. The lowest BCUT2D eigenvalue weighted by atomic mass is 10.0. The molecule has 1 aliphatic carbocycles. The molecular weight excluding hydrogens is 320 g/mol. The van der Waals surface area contributed by atoms with Crippen molar-refractivity contribution >= 4 is 24.2 Å². The lowest BCUT2D eigenvalue weighted by molar-refractivity contribution is -0.141. The first-order valence-electron chi connectivity index (χ1n) is 8.29. The highest BCUT2D eigenvalue weighted by atomic mass is 16.4. The van der Waals surface area contributed by atoms with Crippen LogP contribution in [0.15, 0.2) is 27.4 Å². The molecule has 1 aliphatic heterocycles. The summed E-state index contributed by atoms with van der Waals surface area (Å²) in [7, 11) is 0. The molecule has 1 N–H and O–H groups in total. The number of hydrogen-bond acceptors (Lipinski definition) is 4. The molecule has 0 bridgehead atoms. The molecule has 0 saturated heterocycles. The van der Waals surface area contributed by atoms with Crippen LogP contribution in [0.3, 0.4) is 0 Å². The number of carboxylic acid groups (broad SMARTS) is 1. The minimum absolute atomic E-state index is 0.153. The first-order valence-corrected chi connectivity index (χ1v) is 8.29. The third-order valence-electron chi connectivity index (χ3n) is 4.99. The van der Waals surface area contributed by atoms with Gasteiger partial charge in [0, 0.05) is 5.56 Å². The Morgan fingerprint density at radius 2 is 2.28 bits per heavy atom. The molecule has 0 radical (unpaired) electrons. The second kappa shape index (κ2) is 5.31. The zero-order valence-corrected chi connectivity index (χ0v) is 14.0. The number of rotatable bonds is 4. The molecule has 2 atom stereocenters. The molecule has 1 fully saturated rings. The van der Waals surface area contributed by atoms with Gasteiger partial charge in [0.25, 0.3) is 5.56 Å². The summed E-state index contributed by atoms with van der Waals surface area (Å²) in [6.07, 6.45) is 7.84. The SMILES string of the molecule is CCc1c(/C=C/c2ccc(C)o2)nc2n(c1=O)C1CC1(C(=O)O)C=C2. The molecule has 2 aromatic rings. The molecule has 4 rings (SSSR count). The summed E-state index contributed by atoms with van der Waals surface area (Å²) in [5.41, 5.74) is 0.0954. The summed E-state index contributed by atoms with van der Waals surface area (Å²) >= 11 is 0. The number of furan rings is 1. The Morgan fingerprint density at radius 1 is 1.48 bits per heavy atom. The van der Waals surface area contributed by atoms with Crippen LogP contribution in [0.2, 0.25) is 0 Å². The number of fused-ring (bicyclic) bond motifs is 3. The molecule has 2 aromatic heterocycles. The Kier molecular flexibility index (Phi) is 3.32. The quantitative estimate of drug-likeness (QED) is 0.926. The van der Waals surface area contributed by atoms with Crippen molar-refractivity contribution in [2.24, 2.45) is 5.41 Å². The van der Waals surface area contributed by atoms with Gasteiger partial charge in [0.15, 0.2) is 0 Å². The molecular formula is C19H18N2O4. The molecule has 0 amide bonds. The Morgan fingerprint density at radius 3 is 2.92 bits per heavy atom. The highest BCUT2D eigenvalue weighted by Gasteiger charge is 2.62. The number of aromatic nitrogens is 2. The van der Waals surface area contributed by atoms with E-state index in [1.165, 1.54) is 0 Å². The van der Waals surface area contributed by atoms with Crippen LogP contribution < -0.4 is 5.56 Å². The predicted molar refractivity (Wildman–Crippen MR) is 93.0 cm³/mol. The third kappa shape index (κ3) is 2.28. The maximum absolute atomic E-state index is 12.9. The third-order valence-corrected chi connectivity index (χ3v) is 4.99. The van der Waals surface area contributed by atoms with Crippen molar-refractivity contribution in [3.63, 3.8) is 0 Å². The minimum atomic E-state index is -0.938. The van der Waals surface area contributed by atoms with E-state index >= 15 is 0 Å². The maximum Gasteiger partial charge on any atom is 0.315 e. The Balaban J connectivity index is 1.79. The molecule has 128 valence electrons. The van der Waals surface area contributed by atoms with Crippen molar-refractivity contribution in [3.8, 4) is 0 Å². The number of carbonyl (C=O) groups is 1. The van der Waals surface area contributed by atoms with Crippen LogP contribution in [0.25, 0.3) is 18.2 Å². The van der Waals surface area contributed by atoms with Gasteiger partial charge in [-0.3, -0.25) is 14.2 Å². The molecule has 0 spiro atoms. The van der Waals surface area contributed by atoms with Crippen molar-refractivity contribution in [1.82, 2.24) is 9.55 Å². The number of nitrogens with zero attached hydrogens (tertiary/aromatic N) is 2. The van der Waals surface area contributed by atoms with Crippen molar-refractivity contribution in [3.05, 3.63) is 57.2 Å². The van der Waals surface area contributed by atoms with Gasteiger partial charge in [-0.15, -0.1) is 0 Å². The van der Waals surface area contributed by atoms with E-state index in [0.29, 0.717) is 35.7 Å². The molecule has 6 nitrogen and oxygen atoms in total. The topological polar surface area (TPSA) is 85.3 Å². The van der Waals surface area contributed by atoms with Crippen LogP contribution in [-0.2, 0) is 11.2 Å². The second-order valence-corrected chi connectivity index (χ2v) is 6.54. The summed E-state index contributed by atoms with van der Waals surface area (Å²) in [5.74, 6) is 1.13. The van der Waals surface area contributed by atoms with Crippen LogP contribution in [-0.4, -0.2) is 20.6 Å². The van der Waals surface area contributed by atoms with Gasteiger partial charge in [0.2, 0.25) is 0 Å². The van der Waals surface area contributed by atoms with E-state index < -0.39 is 11.4 Å². The number of aryl methyl sites for hydroxylation is 1. The second-order valence-electron chi connectivity index (χ2n) is 6.54. The predicted octanol–water partition coefficient (Wildman–Crippen LogP) is 2.92. The van der Waals surface area contributed by atoms with E-state index in [1.54, 1.807) is 28.9 Å². The number of aliphatic carboxylic acids is 1. The molecule has 2 aliphatic rings. The highest BCUT2D eigenvalue weighted by molar-refractivity contribution is 5.84. The van der Waals surface area contributed by atoms with Gasteiger partial charge in [0.05, 0.1) is 11.7 Å². The van der Waals surface area contributed by atoms with Crippen LogP contribution in [0.5, 0.6) is 0 Å². The van der Waals surface area contributed by atoms with Crippen molar-refractivity contribution in [1.29, 1.82) is 0 Å². The smallest absolute Gasteiger partial charge is 0.315 e. The lowest BCUT2D eigenvalue weighted by Crippen LogP contribution is -2.32. The molecule has 1 saturated carbocycles. The standard InChI is InChI=1S/C19H18N2O4/c1-3-13-14(7-6-12-5-4-11(2)25-12)20-16-8-9-19(18(23)24)10-15(19)21(16)17(13)22/h4-9,15H,3,10H2,1-2H3,(H,23,24)/b7-6+. The van der Waals surface area contributed by atoms with Crippen molar-refractivity contribution in [2.75, 3.05) is 0 Å². The number of hydrogen-bond donors (Lipinski definition) is 1. The van der Waals surface area contributed by atoms with Crippen LogP contribution in [0.4, 0.5) is 0 Å². The number of carboxylic acids is 1. The van der Waals surface area contributed by atoms with Gasteiger partial charge in [-0.2, -0.15) is 0 Å². The highest BCUT2D eigenvalue weighted by Crippen LogP contribution is 2.59. The first-order chi connectivity index (χ1) is 12.0. The average Bonchev–Trinajstić information content (AvgIpc) is 3.21. The van der Waals surface area contributed by atoms with E-state index in [2.05, 4.69) is 4.98 Å². The van der Waals surface area contributed by atoms with E-state index in [4.69, 9.17) is 4.42 Å². The molecule has 0 aromatic carbocycles. The summed E-state index contributed by atoms with van der Waals surface area (Å²) < 4.78 is 7.05. The monoisotopic (exact) mass is 338 g/mol. The minimum Gasteiger partial charge on any atom is -0.481 e. The molecule has 25 heavy (non-hydrogen) atoms. The Bertz CT molecular complexity index is 995. The van der Waals surface area contributed by atoms with Crippen LogP contribution >= 0.6 is 0 Å². The largest absolute Gasteiger partial charge is 0.481 e. The van der Waals surface area contributed by atoms with Gasteiger partial charge in [0.1, 0.15) is 22.8 Å². The van der Waals surface area contributed by atoms with E-state index in [1.807, 2.05) is 26.0 Å². The first kappa shape index (κ1) is 15.6. The van der Waals surface area contributed by atoms with Gasteiger partial charge >= 0.3 is 5.97 Å². The maximum atomic E-state index is 12.9. The fourth-order valence-electron chi connectivity index (χ4n) is 3.48. The summed E-state index contributed by atoms with van der Waals surface area (Å²) in [4.78, 5) is 29.0. The van der Waals surface area contributed by atoms with Crippen LogP contribution in [0, 0.1) is 12.3 Å². The summed E-state index contributed by atoms with van der Waals surface area (Å²) in [6.45, 7) is 3.77. The van der Waals surface area contributed by atoms with Crippen molar-refractivity contribution in [2.45, 2.75) is 32.7 Å².